The molecule has 1 heterocycles. The molecule has 1 aromatic rings. The maximum absolute atomic E-state index is 12.4. The first-order chi connectivity index (χ1) is 10.9. The van der Waals surface area contributed by atoms with Crippen molar-refractivity contribution in [1.82, 2.24) is 15.3 Å². The number of amides is 1. The lowest BCUT2D eigenvalue weighted by Crippen LogP contribution is -2.46. The minimum absolute atomic E-state index is 0.00696. The first kappa shape index (κ1) is 17.5. The minimum Gasteiger partial charge on any atom is -0.382 e. The van der Waals surface area contributed by atoms with Crippen molar-refractivity contribution < 1.29 is 4.79 Å². The summed E-state index contributed by atoms with van der Waals surface area (Å²) in [6.07, 6.45) is 4.82. The number of hydrogen-bond acceptors (Lipinski definition) is 6. The quantitative estimate of drug-likeness (QED) is 0.647. The van der Waals surface area contributed by atoms with Crippen LogP contribution in [0.1, 0.15) is 45.6 Å². The highest BCUT2D eigenvalue weighted by molar-refractivity contribution is 8.00. The Morgan fingerprint density at radius 2 is 2.26 bits per heavy atom. The number of thioether (sulfide) groups is 1. The second-order valence-corrected chi connectivity index (χ2v) is 7.51. The molecule has 6 nitrogen and oxygen atoms in total. The second-order valence-electron chi connectivity index (χ2n) is 6.21. The Morgan fingerprint density at radius 3 is 2.91 bits per heavy atom. The normalized spacial score (nSPS) is 25.4. The van der Waals surface area contributed by atoms with Crippen LogP contribution in [0.5, 0.6) is 0 Å². The van der Waals surface area contributed by atoms with Crippen molar-refractivity contribution >= 4 is 23.5 Å². The molecule has 1 aliphatic rings. The molecule has 0 radical (unpaired) electrons. The molecule has 1 fully saturated rings. The number of nitrogens with two attached hydrogens (primary N) is 1. The summed E-state index contributed by atoms with van der Waals surface area (Å²) in [5.41, 5.74) is 5.93. The van der Waals surface area contributed by atoms with Crippen LogP contribution in [0.2, 0.25) is 0 Å². The highest BCUT2D eigenvalue weighted by atomic mass is 32.2. The van der Waals surface area contributed by atoms with Crippen molar-refractivity contribution in [1.29, 1.82) is 5.26 Å². The standard InChI is InChI=1S/C16H23N5OS/c1-9-5-4-6-13(10(9)2)20-15(22)11(3)23-16-19-8-12(7-17)14(18)21-16/h8-11,13H,4-6H2,1-3H3,(H,20,22)(H2,18,19,21). The van der Waals surface area contributed by atoms with Crippen LogP contribution in [0.3, 0.4) is 0 Å². The summed E-state index contributed by atoms with van der Waals surface area (Å²) in [4.78, 5) is 20.5. The highest BCUT2D eigenvalue weighted by Gasteiger charge is 2.29. The van der Waals surface area contributed by atoms with Gasteiger partial charge in [0, 0.05) is 6.04 Å². The number of anilines is 1. The van der Waals surface area contributed by atoms with Gasteiger partial charge in [-0.05, 0) is 25.2 Å². The molecule has 0 saturated heterocycles. The Morgan fingerprint density at radius 1 is 1.52 bits per heavy atom. The molecule has 7 heteroatoms. The summed E-state index contributed by atoms with van der Waals surface area (Å²) < 4.78 is 0. The lowest BCUT2D eigenvalue weighted by atomic mass is 9.78. The van der Waals surface area contributed by atoms with Crippen LogP contribution in [-0.2, 0) is 4.79 Å². The van der Waals surface area contributed by atoms with Gasteiger partial charge in [0.1, 0.15) is 17.5 Å². The zero-order valence-electron chi connectivity index (χ0n) is 13.7. The van der Waals surface area contributed by atoms with Crippen molar-refractivity contribution in [2.45, 2.75) is 56.5 Å². The molecule has 1 amide bonds. The van der Waals surface area contributed by atoms with Crippen LogP contribution in [0, 0.1) is 23.2 Å². The molecule has 0 aliphatic heterocycles. The molecule has 23 heavy (non-hydrogen) atoms. The Bertz CT molecular complexity index is 615. The van der Waals surface area contributed by atoms with Crippen LogP contribution in [0.15, 0.2) is 11.4 Å². The SMILES string of the molecule is CC(Sc1ncc(C#N)c(N)n1)C(=O)NC1CCCC(C)C1C. The molecule has 0 bridgehead atoms. The van der Waals surface area contributed by atoms with E-state index in [9.17, 15) is 4.79 Å². The molecule has 1 aliphatic carbocycles. The van der Waals surface area contributed by atoms with Gasteiger partial charge >= 0.3 is 0 Å². The second kappa shape index (κ2) is 7.64. The van der Waals surface area contributed by atoms with Gasteiger partial charge in [-0.15, -0.1) is 0 Å². The fraction of sp³-hybridized carbons (Fsp3) is 0.625. The zero-order valence-corrected chi connectivity index (χ0v) is 14.6. The number of carbonyl (C=O) groups excluding carboxylic acids is 1. The molecule has 1 saturated carbocycles. The lowest BCUT2D eigenvalue weighted by molar-refractivity contribution is -0.121. The van der Waals surface area contributed by atoms with Crippen molar-refractivity contribution in [2.75, 3.05) is 5.73 Å². The van der Waals surface area contributed by atoms with E-state index in [1.807, 2.05) is 13.0 Å². The van der Waals surface area contributed by atoms with E-state index >= 15 is 0 Å². The monoisotopic (exact) mass is 333 g/mol. The highest BCUT2D eigenvalue weighted by Crippen LogP contribution is 2.30. The van der Waals surface area contributed by atoms with E-state index in [2.05, 4.69) is 29.1 Å². The molecule has 4 unspecified atom stereocenters. The third-order valence-electron chi connectivity index (χ3n) is 4.60. The van der Waals surface area contributed by atoms with Gasteiger partial charge in [0.05, 0.1) is 11.4 Å². The van der Waals surface area contributed by atoms with Gasteiger partial charge in [-0.1, -0.05) is 38.5 Å². The van der Waals surface area contributed by atoms with Crippen LogP contribution in [0.25, 0.3) is 0 Å². The number of aromatic nitrogens is 2. The zero-order chi connectivity index (χ0) is 17.0. The first-order valence-electron chi connectivity index (χ1n) is 7.92. The first-order valence-corrected chi connectivity index (χ1v) is 8.80. The van der Waals surface area contributed by atoms with Gasteiger partial charge in [0.2, 0.25) is 5.91 Å². The summed E-state index contributed by atoms with van der Waals surface area (Å²) in [6.45, 7) is 6.28. The van der Waals surface area contributed by atoms with Crippen LogP contribution >= 0.6 is 11.8 Å². The van der Waals surface area contributed by atoms with E-state index in [-0.39, 0.29) is 28.6 Å². The van der Waals surface area contributed by atoms with Gasteiger partial charge in [-0.2, -0.15) is 5.26 Å². The number of rotatable bonds is 4. The van der Waals surface area contributed by atoms with Crippen molar-refractivity contribution in [3.8, 4) is 6.07 Å². The van der Waals surface area contributed by atoms with E-state index in [0.717, 1.165) is 12.8 Å². The summed E-state index contributed by atoms with van der Waals surface area (Å²) in [7, 11) is 0. The minimum atomic E-state index is -0.313. The van der Waals surface area contributed by atoms with E-state index < -0.39 is 0 Å². The predicted molar refractivity (Wildman–Crippen MR) is 90.6 cm³/mol. The Hall–Kier alpha value is -1.81. The van der Waals surface area contributed by atoms with Crippen molar-refractivity contribution in [2.24, 2.45) is 11.8 Å². The van der Waals surface area contributed by atoms with Gasteiger partial charge in [-0.3, -0.25) is 4.79 Å². The molecule has 4 atom stereocenters. The van der Waals surface area contributed by atoms with E-state index in [4.69, 9.17) is 11.0 Å². The van der Waals surface area contributed by atoms with Gasteiger partial charge in [0.25, 0.3) is 0 Å². The molecule has 0 aromatic carbocycles. The summed E-state index contributed by atoms with van der Waals surface area (Å²) in [5, 5.41) is 12.1. The number of hydrogen-bond donors (Lipinski definition) is 2. The molecule has 2 rings (SSSR count). The summed E-state index contributed by atoms with van der Waals surface area (Å²) in [6, 6.07) is 2.16. The Labute approximate surface area is 141 Å². The number of nitriles is 1. The number of carbonyl (C=O) groups is 1. The average molecular weight is 333 g/mol. The Kier molecular flexibility index (Phi) is 5.83. The molecular formula is C16H23N5OS. The number of nitrogen functional groups attached to an aromatic ring is 1. The topological polar surface area (TPSA) is 105 Å². The molecule has 1 aromatic heterocycles. The van der Waals surface area contributed by atoms with E-state index in [1.165, 1.54) is 24.4 Å². The average Bonchev–Trinajstić information content (AvgIpc) is 2.52. The lowest BCUT2D eigenvalue weighted by Gasteiger charge is -2.35. The maximum atomic E-state index is 12.4. The largest absolute Gasteiger partial charge is 0.382 e. The molecule has 124 valence electrons. The summed E-state index contributed by atoms with van der Waals surface area (Å²) in [5.74, 6) is 1.27. The van der Waals surface area contributed by atoms with Crippen LogP contribution in [-0.4, -0.2) is 27.2 Å². The van der Waals surface area contributed by atoms with Gasteiger partial charge < -0.3 is 11.1 Å². The molecule has 0 spiro atoms. The van der Waals surface area contributed by atoms with Crippen LogP contribution in [0.4, 0.5) is 5.82 Å². The van der Waals surface area contributed by atoms with E-state index in [1.54, 1.807) is 0 Å². The third-order valence-corrected chi connectivity index (χ3v) is 5.58. The summed E-state index contributed by atoms with van der Waals surface area (Å²) >= 11 is 1.25. The van der Waals surface area contributed by atoms with Gasteiger partial charge in [-0.25, -0.2) is 9.97 Å². The van der Waals surface area contributed by atoms with Crippen molar-refractivity contribution in [3.63, 3.8) is 0 Å². The number of nitrogens with zero attached hydrogens (tertiary/aromatic N) is 3. The fourth-order valence-corrected chi connectivity index (χ4v) is 3.57. The Balaban J connectivity index is 1.95. The fourth-order valence-electron chi connectivity index (χ4n) is 2.82. The predicted octanol–water partition coefficient (Wildman–Crippen LogP) is 2.35. The smallest absolute Gasteiger partial charge is 0.233 e. The molecule has 3 N–H and O–H groups in total. The van der Waals surface area contributed by atoms with Gasteiger partial charge in [0.15, 0.2) is 5.16 Å². The maximum Gasteiger partial charge on any atom is 0.233 e. The van der Waals surface area contributed by atoms with E-state index in [0.29, 0.717) is 17.0 Å². The van der Waals surface area contributed by atoms with Crippen LogP contribution < -0.4 is 11.1 Å². The molecular weight excluding hydrogens is 310 g/mol. The van der Waals surface area contributed by atoms with Crippen molar-refractivity contribution in [3.05, 3.63) is 11.8 Å². The number of nitrogens with one attached hydrogen (secondary N) is 1. The third kappa shape index (κ3) is 4.35.